The molecule has 0 atom stereocenters. The van der Waals surface area contributed by atoms with Gasteiger partial charge in [0.1, 0.15) is 5.75 Å². The summed E-state index contributed by atoms with van der Waals surface area (Å²) in [4.78, 5) is 11.5. The van der Waals surface area contributed by atoms with E-state index in [2.05, 4.69) is 10.1 Å². The minimum Gasteiger partial charge on any atom is -0.435 e. The maximum Gasteiger partial charge on any atom is 0.387 e. The monoisotopic (exact) mass is 294 g/mol. The number of anilines is 1. The van der Waals surface area contributed by atoms with E-state index in [1.165, 1.54) is 18.2 Å². The molecule has 0 aliphatic rings. The van der Waals surface area contributed by atoms with Crippen molar-refractivity contribution < 1.29 is 13.5 Å². The van der Waals surface area contributed by atoms with E-state index in [0.29, 0.717) is 13.1 Å². The van der Waals surface area contributed by atoms with Crippen molar-refractivity contribution in [3.05, 3.63) is 58.5 Å². The lowest BCUT2D eigenvalue weighted by molar-refractivity contribution is -0.0498. The molecular formula is C15H16F2N2O2. The van der Waals surface area contributed by atoms with Gasteiger partial charge < -0.3 is 14.6 Å². The van der Waals surface area contributed by atoms with Crippen LogP contribution in [0.15, 0.2) is 47.4 Å². The summed E-state index contributed by atoms with van der Waals surface area (Å²) >= 11 is 0. The molecule has 0 aliphatic heterocycles. The normalized spacial score (nSPS) is 10.7. The summed E-state index contributed by atoms with van der Waals surface area (Å²) in [5.41, 5.74) is 1.70. The Morgan fingerprint density at radius 2 is 1.90 bits per heavy atom. The van der Waals surface area contributed by atoms with Crippen LogP contribution in [0.1, 0.15) is 12.5 Å². The van der Waals surface area contributed by atoms with Gasteiger partial charge in [-0.1, -0.05) is 12.1 Å². The zero-order chi connectivity index (χ0) is 15.2. The molecule has 1 aromatic heterocycles. The molecule has 4 nitrogen and oxygen atoms in total. The summed E-state index contributed by atoms with van der Waals surface area (Å²) in [5.74, 6) is 0.133. The number of ether oxygens (including phenoxy) is 1. The second-order valence-corrected chi connectivity index (χ2v) is 4.42. The molecule has 1 heterocycles. The number of benzene rings is 1. The van der Waals surface area contributed by atoms with E-state index < -0.39 is 6.61 Å². The Labute approximate surface area is 121 Å². The van der Waals surface area contributed by atoms with Crippen LogP contribution >= 0.6 is 0 Å². The number of alkyl halides is 2. The number of nitrogens with one attached hydrogen (secondary N) is 1. The van der Waals surface area contributed by atoms with Crippen LogP contribution in [0, 0.1) is 0 Å². The predicted octanol–water partition coefficient (Wildman–Crippen LogP) is 3.08. The van der Waals surface area contributed by atoms with Gasteiger partial charge in [-0.05, 0) is 30.7 Å². The quantitative estimate of drug-likeness (QED) is 0.890. The maximum atomic E-state index is 12.0. The van der Waals surface area contributed by atoms with E-state index in [4.69, 9.17) is 0 Å². The van der Waals surface area contributed by atoms with Gasteiger partial charge in [0.2, 0.25) is 0 Å². The molecule has 21 heavy (non-hydrogen) atoms. The molecule has 0 aliphatic carbocycles. The number of rotatable bonds is 6. The maximum absolute atomic E-state index is 12.0. The van der Waals surface area contributed by atoms with Gasteiger partial charge in [-0.15, -0.1) is 0 Å². The number of pyridine rings is 1. The van der Waals surface area contributed by atoms with Crippen LogP contribution in [0.25, 0.3) is 0 Å². The molecule has 6 heteroatoms. The molecule has 0 saturated carbocycles. The molecule has 2 rings (SSSR count). The lowest BCUT2D eigenvalue weighted by atomic mass is 10.2. The molecule has 1 N–H and O–H groups in total. The molecular weight excluding hydrogens is 278 g/mol. The van der Waals surface area contributed by atoms with E-state index in [-0.39, 0.29) is 11.3 Å². The Balaban J connectivity index is 1.98. The fourth-order valence-electron chi connectivity index (χ4n) is 1.88. The molecule has 0 unspecified atom stereocenters. The third kappa shape index (κ3) is 4.30. The van der Waals surface area contributed by atoms with Crippen molar-refractivity contribution in [2.75, 3.05) is 5.32 Å². The van der Waals surface area contributed by atoms with Crippen LogP contribution in [0.2, 0.25) is 0 Å². The summed E-state index contributed by atoms with van der Waals surface area (Å²) < 4.78 is 29.9. The minimum atomic E-state index is -2.82. The first-order valence-corrected chi connectivity index (χ1v) is 6.56. The standard InChI is InChI=1S/C15H16F2N2O2/c1-2-19-10-12(5-8-14(19)20)18-9-11-3-6-13(7-4-11)21-15(16)17/h3-8,10,15,18H,2,9H2,1H3. The first-order valence-electron chi connectivity index (χ1n) is 6.56. The van der Waals surface area contributed by atoms with E-state index in [1.807, 2.05) is 6.92 Å². The van der Waals surface area contributed by atoms with Crippen molar-refractivity contribution >= 4 is 5.69 Å². The zero-order valence-electron chi connectivity index (χ0n) is 11.6. The van der Waals surface area contributed by atoms with Crippen LogP contribution < -0.4 is 15.6 Å². The van der Waals surface area contributed by atoms with E-state index >= 15 is 0 Å². The Bertz CT molecular complexity index is 639. The highest BCUT2D eigenvalue weighted by Gasteiger charge is 2.03. The van der Waals surface area contributed by atoms with Crippen LogP contribution in [0.3, 0.4) is 0 Å². The van der Waals surface area contributed by atoms with Crippen LogP contribution in [0.4, 0.5) is 14.5 Å². The van der Waals surface area contributed by atoms with Crippen LogP contribution in [0.5, 0.6) is 5.75 Å². The highest BCUT2D eigenvalue weighted by molar-refractivity contribution is 5.41. The van der Waals surface area contributed by atoms with E-state index in [0.717, 1.165) is 11.3 Å². The van der Waals surface area contributed by atoms with Gasteiger partial charge in [-0.2, -0.15) is 8.78 Å². The number of hydrogen-bond acceptors (Lipinski definition) is 3. The third-order valence-corrected chi connectivity index (χ3v) is 2.97. The Morgan fingerprint density at radius 1 is 1.19 bits per heavy atom. The molecule has 0 bridgehead atoms. The first-order chi connectivity index (χ1) is 10.1. The topological polar surface area (TPSA) is 43.3 Å². The number of nitrogens with zero attached hydrogens (tertiary/aromatic N) is 1. The Morgan fingerprint density at radius 3 is 2.52 bits per heavy atom. The van der Waals surface area contributed by atoms with E-state index in [1.54, 1.807) is 29.0 Å². The van der Waals surface area contributed by atoms with Crippen molar-refractivity contribution in [1.29, 1.82) is 0 Å². The van der Waals surface area contributed by atoms with Crippen molar-refractivity contribution in [2.45, 2.75) is 26.6 Å². The molecule has 0 saturated heterocycles. The number of aryl methyl sites for hydroxylation is 1. The minimum absolute atomic E-state index is 0.0449. The highest BCUT2D eigenvalue weighted by atomic mass is 19.3. The average Bonchev–Trinajstić information content (AvgIpc) is 2.47. The highest BCUT2D eigenvalue weighted by Crippen LogP contribution is 2.15. The summed E-state index contributed by atoms with van der Waals surface area (Å²) in [5, 5.41) is 3.17. The average molecular weight is 294 g/mol. The van der Waals surface area contributed by atoms with Crippen molar-refractivity contribution in [1.82, 2.24) is 4.57 Å². The zero-order valence-corrected chi connectivity index (χ0v) is 11.6. The molecule has 2 aromatic rings. The largest absolute Gasteiger partial charge is 0.435 e. The lowest BCUT2D eigenvalue weighted by Gasteiger charge is -2.10. The summed E-state index contributed by atoms with van der Waals surface area (Å²) in [7, 11) is 0. The van der Waals surface area contributed by atoms with Crippen molar-refractivity contribution in [3.8, 4) is 5.75 Å². The molecule has 0 fully saturated rings. The Hall–Kier alpha value is -2.37. The van der Waals surface area contributed by atoms with Gasteiger partial charge in [0.15, 0.2) is 0 Å². The summed E-state index contributed by atoms with van der Waals surface area (Å²) in [6.07, 6.45) is 1.75. The van der Waals surface area contributed by atoms with Gasteiger partial charge >= 0.3 is 6.61 Å². The fourth-order valence-corrected chi connectivity index (χ4v) is 1.88. The smallest absolute Gasteiger partial charge is 0.387 e. The predicted molar refractivity (Wildman–Crippen MR) is 76.8 cm³/mol. The molecule has 1 aromatic carbocycles. The van der Waals surface area contributed by atoms with Gasteiger partial charge in [0.05, 0.1) is 5.69 Å². The van der Waals surface area contributed by atoms with Gasteiger partial charge in [0.25, 0.3) is 5.56 Å². The molecule has 0 amide bonds. The fraction of sp³-hybridized carbons (Fsp3) is 0.267. The van der Waals surface area contributed by atoms with Crippen LogP contribution in [-0.4, -0.2) is 11.2 Å². The Kier molecular flexibility index (Phi) is 4.92. The number of halogens is 2. The molecule has 112 valence electrons. The van der Waals surface area contributed by atoms with Gasteiger partial charge in [0, 0.05) is 25.4 Å². The van der Waals surface area contributed by atoms with E-state index in [9.17, 15) is 13.6 Å². The number of hydrogen-bond donors (Lipinski definition) is 1. The van der Waals surface area contributed by atoms with Gasteiger partial charge in [-0.3, -0.25) is 4.79 Å². The SMILES string of the molecule is CCn1cc(NCc2ccc(OC(F)F)cc2)ccc1=O. The second-order valence-electron chi connectivity index (χ2n) is 4.42. The summed E-state index contributed by atoms with van der Waals surface area (Å²) in [6.45, 7) is 0.210. The number of aromatic nitrogens is 1. The lowest BCUT2D eigenvalue weighted by Crippen LogP contribution is -2.17. The molecule has 0 radical (unpaired) electrons. The second kappa shape index (κ2) is 6.88. The van der Waals surface area contributed by atoms with Crippen LogP contribution in [-0.2, 0) is 13.1 Å². The van der Waals surface area contributed by atoms with Crippen molar-refractivity contribution in [3.63, 3.8) is 0 Å². The third-order valence-electron chi connectivity index (χ3n) is 2.97. The van der Waals surface area contributed by atoms with Crippen molar-refractivity contribution in [2.24, 2.45) is 0 Å². The summed E-state index contributed by atoms with van der Waals surface area (Å²) in [6, 6.07) is 9.63. The first kappa shape index (κ1) is 15.0. The van der Waals surface area contributed by atoms with Gasteiger partial charge in [-0.25, -0.2) is 0 Å². The molecule has 0 spiro atoms.